The number of nitrogens with zero attached hydrogens (tertiary/aromatic N) is 4. The van der Waals surface area contributed by atoms with Crippen LogP contribution in [-0.2, 0) is 14.8 Å². The van der Waals surface area contributed by atoms with Crippen LogP contribution in [0, 0.1) is 17.2 Å². The van der Waals surface area contributed by atoms with Gasteiger partial charge in [0.25, 0.3) is 0 Å². The van der Waals surface area contributed by atoms with Gasteiger partial charge in [-0.1, -0.05) is 0 Å². The van der Waals surface area contributed by atoms with Gasteiger partial charge < -0.3 is 10.1 Å². The van der Waals surface area contributed by atoms with Gasteiger partial charge in [-0.15, -0.1) is 0 Å². The Balaban J connectivity index is 2.11. The molecule has 0 aromatic carbocycles. The maximum absolute atomic E-state index is 12.0. The number of hydrogen-bond acceptors (Lipinski definition) is 7. The highest BCUT2D eigenvalue weighted by Gasteiger charge is 2.33. The van der Waals surface area contributed by atoms with E-state index >= 15 is 0 Å². The Labute approximate surface area is 123 Å². The lowest BCUT2D eigenvalue weighted by Crippen LogP contribution is -2.37. The molecule has 0 amide bonds. The number of nitrogens with one attached hydrogen (secondary N) is 1. The van der Waals surface area contributed by atoms with Crippen molar-refractivity contribution < 1.29 is 13.2 Å². The zero-order valence-corrected chi connectivity index (χ0v) is 12.7. The molecule has 0 aliphatic carbocycles. The van der Waals surface area contributed by atoms with Gasteiger partial charge in [-0.2, -0.15) is 5.26 Å². The van der Waals surface area contributed by atoms with Crippen molar-refractivity contribution in [3.63, 3.8) is 0 Å². The van der Waals surface area contributed by atoms with Gasteiger partial charge in [-0.3, -0.25) is 0 Å². The molecule has 1 fully saturated rings. The molecule has 2 atom stereocenters. The molecule has 1 aromatic heterocycles. The Kier molecular flexibility index (Phi) is 4.72. The molecule has 1 aromatic rings. The predicted molar refractivity (Wildman–Crippen MR) is 75.9 cm³/mol. The lowest BCUT2D eigenvalue weighted by Gasteiger charge is -2.21. The lowest BCUT2D eigenvalue weighted by atomic mass is 10.1. The van der Waals surface area contributed by atoms with Crippen LogP contribution in [0.15, 0.2) is 12.4 Å². The van der Waals surface area contributed by atoms with Gasteiger partial charge in [0, 0.05) is 32.4 Å². The Morgan fingerprint density at radius 1 is 1.43 bits per heavy atom. The number of rotatable bonds is 5. The van der Waals surface area contributed by atoms with Crippen LogP contribution >= 0.6 is 0 Å². The van der Waals surface area contributed by atoms with Crippen LogP contribution in [-0.4, -0.2) is 61.8 Å². The van der Waals surface area contributed by atoms with Crippen LogP contribution in [0.3, 0.4) is 0 Å². The average molecular weight is 311 g/mol. The first-order valence-electron chi connectivity index (χ1n) is 6.39. The molecular formula is C12H17N5O3S. The Bertz CT molecular complexity index is 641. The van der Waals surface area contributed by atoms with Crippen molar-refractivity contribution in [1.82, 2.24) is 14.3 Å². The van der Waals surface area contributed by atoms with Crippen molar-refractivity contribution in [2.24, 2.45) is 5.92 Å². The second kappa shape index (κ2) is 6.34. The van der Waals surface area contributed by atoms with Crippen LogP contribution in [0.2, 0.25) is 0 Å². The largest absolute Gasteiger partial charge is 0.379 e. The standard InChI is InChI=1S/C12H17N5O3S/c1-17(2)21(18,19)8-9-6-20-7-11(9)16-12-10(5-13)14-3-4-15-12/h3-4,9,11H,6-8H2,1-2H3,(H,15,16)/t9-,11+/m0/s1. The lowest BCUT2D eigenvalue weighted by molar-refractivity contribution is 0.187. The molecule has 114 valence electrons. The average Bonchev–Trinajstić information content (AvgIpc) is 2.86. The molecule has 21 heavy (non-hydrogen) atoms. The normalized spacial score (nSPS) is 22.2. The molecule has 1 aliphatic heterocycles. The monoisotopic (exact) mass is 311 g/mol. The summed E-state index contributed by atoms with van der Waals surface area (Å²) in [7, 11) is -0.302. The summed E-state index contributed by atoms with van der Waals surface area (Å²) >= 11 is 0. The van der Waals surface area contributed by atoms with Crippen LogP contribution in [0.4, 0.5) is 5.82 Å². The molecule has 9 heteroatoms. The summed E-state index contributed by atoms with van der Waals surface area (Å²) in [6.07, 6.45) is 2.91. The fourth-order valence-electron chi connectivity index (χ4n) is 2.04. The molecule has 2 rings (SSSR count). The van der Waals surface area contributed by atoms with E-state index in [1.807, 2.05) is 6.07 Å². The minimum Gasteiger partial charge on any atom is -0.379 e. The smallest absolute Gasteiger partial charge is 0.214 e. The molecule has 2 heterocycles. The Morgan fingerprint density at radius 3 is 2.81 bits per heavy atom. The summed E-state index contributed by atoms with van der Waals surface area (Å²) < 4.78 is 30.5. The van der Waals surface area contributed by atoms with E-state index in [0.29, 0.717) is 19.0 Å². The fourth-order valence-corrected chi connectivity index (χ4v) is 3.21. The summed E-state index contributed by atoms with van der Waals surface area (Å²) in [5.74, 6) is 0.133. The van der Waals surface area contributed by atoms with Gasteiger partial charge in [0.05, 0.1) is 25.0 Å². The fraction of sp³-hybridized carbons (Fsp3) is 0.583. The van der Waals surface area contributed by atoms with Crippen LogP contribution in [0.5, 0.6) is 0 Å². The minimum atomic E-state index is -3.31. The van der Waals surface area contributed by atoms with Crippen molar-refractivity contribution in [3.8, 4) is 6.07 Å². The number of anilines is 1. The minimum absolute atomic E-state index is 0.0141. The zero-order valence-electron chi connectivity index (χ0n) is 11.9. The summed E-state index contributed by atoms with van der Waals surface area (Å²) in [6, 6.07) is 1.73. The van der Waals surface area contributed by atoms with Gasteiger partial charge in [0.15, 0.2) is 11.5 Å². The van der Waals surface area contributed by atoms with E-state index in [1.54, 1.807) is 0 Å². The second-order valence-corrected chi connectivity index (χ2v) is 7.20. The molecular weight excluding hydrogens is 294 g/mol. The van der Waals surface area contributed by atoms with Gasteiger partial charge in [-0.25, -0.2) is 22.7 Å². The van der Waals surface area contributed by atoms with Crippen molar-refractivity contribution in [1.29, 1.82) is 5.26 Å². The number of aromatic nitrogens is 2. The van der Waals surface area contributed by atoms with E-state index in [9.17, 15) is 8.42 Å². The van der Waals surface area contributed by atoms with Crippen LogP contribution < -0.4 is 5.32 Å². The quantitative estimate of drug-likeness (QED) is 0.793. The van der Waals surface area contributed by atoms with Gasteiger partial charge in [-0.05, 0) is 0 Å². The first-order valence-corrected chi connectivity index (χ1v) is 8.00. The van der Waals surface area contributed by atoms with Gasteiger partial charge >= 0.3 is 0 Å². The van der Waals surface area contributed by atoms with Crippen LogP contribution in [0.25, 0.3) is 0 Å². The van der Waals surface area contributed by atoms with E-state index in [1.165, 1.54) is 30.8 Å². The van der Waals surface area contributed by atoms with Gasteiger partial charge in [0.1, 0.15) is 6.07 Å². The van der Waals surface area contributed by atoms with Crippen molar-refractivity contribution in [3.05, 3.63) is 18.1 Å². The summed E-state index contributed by atoms with van der Waals surface area (Å²) in [6.45, 7) is 0.724. The number of sulfonamides is 1. The van der Waals surface area contributed by atoms with Crippen LogP contribution in [0.1, 0.15) is 5.69 Å². The third-order valence-electron chi connectivity index (χ3n) is 3.31. The van der Waals surface area contributed by atoms with E-state index in [2.05, 4.69) is 15.3 Å². The summed E-state index contributed by atoms with van der Waals surface area (Å²) in [5.41, 5.74) is 0.179. The van der Waals surface area contributed by atoms with E-state index < -0.39 is 10.0 Å². The van der Waals surface area contributed by atoms with Gasteiger partial charge in [0.2, 0.25) is 10.0 Å². The molecule has 1 saturated heterocycles. The molecule has 0 spiro atoms. The third-order valence-corrected chi connectivity index (χ3v) is 5.27. The van der Waals surface area contributed by atoms with E-state index in [4.69, 9.17) is 10.00 Å². The molecule has 0 bridgehead atoms. The van der Waals surface area contributed by atoms with Crippen molar-refractivity contribution in [2.75, 3.05) is 38.4 Å². The highest BCUT2D eigenvalue weighted by Crippen LogP contribution is 2.21. The zero-order chi connectivity index (χ0) is 15.5. The molecule has 8 nitrogen and oxygen atoms in total. The predicted octanol–water partition coefficient (Wildman–Crippen LogP) is -0.333. The summed E-state index contributed by atoms with van der Waals surface area (Å²) in [4.78, 5) is 7.98. The Morgan fingerprint density at radius 2 is 2.14 bits per heavy atom. The maximum atomic E-state index is 12.0. The number of ether oxygens (including phenoxy) is 1. The third kappa shape index (κ3) is 3.66. The highest BCUT2D eigenvalue weighted by atomic mass is 32.2. The van der Waals surface area contributed by atoms with E-state index in [0.717, 1.165) is 0 Å². The molecule has 0 saturated carbocycles. The highest BCUT2D eigenvalue weighted by molar-refractivity contribution is 7.89. The molecule has 1 N–H and O–H groups in total. The number of hydrogen-bond donors (Lipinski definition) is 1. The van der Waals surface area contributed by atoms with E-state index in [-0.39, 0.29) is 23.4 Å². The second-order valence-electron chi connectivity index (χ2n) is 4.97. The van der Waals surface area contributed by atoms with Crippen molar-refractivity contribution >= 4 is 15.8 Å². The Hall–Kier alpha value is -1.76. The topological polar surface area (TPSA) is 108 Å². The first-order chi connectivity index (χ1) is 9.94. The summed E-state index contributed by atoms with van der Waals surface area (Å²) in [5, 5.41) is 12.1. The molecule has 0 unspecified atom stereocenters. The SMILES string of the molecule is CN(C)S(=O)(=O)C[C@@H]1COC[C@H]1Nc1nccnc1C#N. The van der Waals surface area contributed by atoms with Crippen molar-refractivity contribution in [2.45, 2.75) is 6.04 Å². The number of nitriles is 1. The molecule has 0 radical (unpaired) electrons. The maximum Gasteiger partial charge on any atom is 0.214 e. The first kappa shape index (κ1) is 15.6. The molecule has 1 aliphatic rings.